The lowest BCUT2D eigenvalue weighted by Gasteiger charge is -2.13. The van der Waals surface area contributed by atoms with E-state index < -0.39 is 5.97 Å². The van der Waals surface area contributed by atoms with E-state index in [4.69, 9.17) is 24.7 Å². The van der Waals surface area contributed by atoms with E-state index in [1.165, 1.54) is 7.11 Å². The number of anilines is 1. The summed E-state index contributed by atoms with van der Waals surface area (Å²) in [6, 6.07) is 3.38. The van der Waals surface area contributed by atoms with Crippen LogP contribution in [0, 0.1) is 6.92 Å². The van der Waals surface area contributed by atoms with Crippen LogP contribution in [0.4, 0.5) is 5.69 Å². The quantitative estimate of drug-likeness (QED) is 0.348. The molecular formula is C13H19NO5. The number of methoxy groups -OCH3 is 2. The molecule has 0 fully saturated rings. The molecule has 1 aromatic carbocycles. The van der Waals surface area contributed by atoms with Crippen LogP contribution in [0.25, 0.3) is 0 Å². The molecule has 0 amide bonds. The van der Waals surface area contributed by atoms with Crippen LogP contribution in [-0.4, -0.2) is 40.2 Å². The van der Waals surface area contributed by atoms with Crippen molar-refractivity contribution in [1.29, 1.82) is 0 Å². The molecule has 0 unspecified atom stereocenters. The van der Waals surface area contributed by atoms with Gasteiger partial charge in [-0.1, -0.05) is 0 Å². The molecule has 0 heterocycles. The van der Waals surface area contributed by atoms with Gasteiger partial charge in [-0.2, -0.15) is 0 Å². The summed E-state index contributed by atoms with van der Waals surface area (Å²) in [6.45, 7) is 2.69. The van der Waals surface area contributed by atoms with Crippen molar-refractivity contribution in [2.45, 2.75) is 6.92 Å². The van der Waals surface area contributed by atoms with Gasteiger partial charge in [0.1, 0.15) is 5.56 Å². The van der Waals surface area contributed by atoms with Crippen molar-refractivity contribution in [3.63, 3.8) is 0 Å². The van der Waals surface area contributed by atoms with Gasteiger partial charge in [-0.05, 0) is 24.6 Å². The van der Waals surface area contributed by atoms with E-state index >= 15 is 0 Å². The SMILES string of the molecule is COCCOCOc1c(N)cc(C)cc1C(=O)OC. The van der Waals surface area contributed by atoms with Gasteiger partial charge in [-0.15, -0.1) is 0 Å². The summed E-state index contributed by atoms with van der Waals surface area (Å²) in [5.74, 6) is -0.225. The summed E-state index contributed by atoms with van der Waals surface area (Å²) in [7, 11) is 2.89. The number of ether oxygens (including phenoxy) is 4. The van der Waals surface area contributed by atoms with Crippen molar-refractivity contribution in [2.24, 2.45) is 0 Å². The average Bonchev–Trinajstić information content (AvgIpc) is 2.39. The second-order valence-corrected chi connectivity index (χ2v) is 3.89. The third kappa shape index (κ3) is 4.42. The standard InChI is InChI=1S/C13H19NO5/c1-9-6-10(13(15)17-3)12(11(14)7-9)19-8-18-5-4-16-2/h6-7H,4-5,8,14H2,1-3H3. The third-order valence-corrected chi connectivity index (χ3v) is 2.39. The fourth-order valence-electron chi connectivity index (χ4n) is 1.53. The zero-order chi connectivity index (χ0) is 14.3. The fourth-order valence-corrected chi connectivity index (χ4v) is 1.53. The van der Waals surface area contributed by atoms with E-state index in [9.17, 15) is 4.79 Å². The number of rotatable bonds is 7. The van der Waals surface area contributed by atoms with Gasteiger partial charge in [0.2, 0.25) is 0 Å². The number of esters is 1. The number of hydrogen-bond donors (Lipinski definition) is 1. The first kappa shape index (κ1) is 15.3. The summed E-state index contributed by atoms with van der Waals surface area (Å²) < 4.78 is 20.1. The first-order valence-electron chi connectivity index (χ1n) is 5.78. The number of aryl methyl sites for hydroxylation is 1. The number of carbonyl (C=O) groups is 1. The highest BCUT2D eigenvalue weighted by atomic mass is 16.7. The van der Waals surface area contributed by atoms with Gasteiger partial charge in [0.15, 0.2) is 12.5 Å². The average molecular weight is 269 g/mol. The summed E-state index contributed by atoms with van der Waals surface area (Å²) in [5.41, 5.74) is 7.35. The lowest BCUT2D eigenvalue weighted by molar-refractivity contribution is -0.00873. The molecule has 1 aromatic rings. The molecule has 0 aliphatic heterocycles. The molecule has 0 aromatic heterocycles. The molecule has 0 atom stereocenters. The maximum atomic E-state index is 11.7. The van der Waals surface area contributed by atoms with Crippen molar-refractivity contribution in [1.82, 2.24) is 0 Å². The minimum atomic E-state index is -0.498. The first-order valence-corrected chi connectivity index (χ1v) is 5.78. The number of carbonyl (C=O) groups excluding carboxylic acids is 1. The van der Waals surface area contributed by atoms with Crippen LogP contribution in [0.1, 0.15) is 15.9 Å². The fraction of sp³-hybridized carbons (Fsp3) is 0.462. The summed E-state index contributed by atoms with van der Waals surface area (Å²) in [4.78, 5) is 11.7. The van der Waals surface area contributed by atoms with Gasteiger partial charge in [-0.25, -0.2) is 4.79 Å². The van der Waals surface area contributed by atoms with Crippen LogP contribution in [0.2, 0.25) is 0 Å². The topological polar surface area (TPSA) is 80.0 Å². The lowest BCUT2D eigenvalue weighted by Crippen LogP contribution is -2.12. The summed E-state index contributed by atoms with van der Waals surface area (Å²) >= 11 is 0. The Morgan fingerprint density at radius 1 is 1.26 bits per heavy atom. The molecule has 1 rings (SSSR count). The Bertz CT molecular complexity index is 433. The molecule has 19 heavy (non-hydrogen) atoms. The molecule has 6 nitrogen and oxygen atoms in total. The molecule has 0 aliphatic carbocycles. The Balaban J connectivity index is 2.77. The van der Waals surface area contributed by atoms with Gasteiger partial charge >= 0.3 is 5.97 Å². The Morgan fingerprint density at radius 3 is 2.63 bits per heavy atom. The van der Waals surface area contributed by atoms with Crippen molar-refractivity contribution in [3.05, 3.63) is 23.3 Å². The van der Waals surface area contributed by atoms with Gasteiger partial charge < -0.3 is 24.7 Å². The molecule has 0 saturated heterocycles. The Labute approximate surface area is 112 Å². The first-order chi connectivity index (χ1) is 9.10. The molecule has 6 heteroatoms. The predicted octanol–water partition coefficient (Wildman–Crippen LogP) is 1.36. The molecule has 0 aliphatic rings. The van der Waals surface area contributed by atoms with E-state index in [1.54, 1.807) is 19.2 Å². The largest absolute Gasteiger partial charge is 0.465 e. The van der Waals surface area contributed by atoms with Crippen LogP contribution in [0.5, 0.6) is 5.75 Å². The Kier molecular flexibility index (Phi) is 6.11. The summed E-state index contributed by atoms with van der Waals surface area (Å²) in [5, 5.41) is 0. The zero-order valence-electron chi connectivity index (χ0n) is 11.4. The molecule has 0 radical (unpaired) electrons. The molecule has 2 N–H and O–H groups in total. The predicted molar refractivity (Wildman–Crippen MR) is 70.3 cm³/mol. The highest BCUT2D eigenvalue weighted by Crippen LogP contribution is 2.28. The summed E-state index contributed by atoms with van der Waals surface area (Å²) in [6.07, 6.45) is 0. The number of benzene rings is 1. The number of hydrogen-bond acceptors (Lipinski definition) is 6. The Hall–Kier alpha value is -1.79. The maximum absolute atomic E-state index is 11.7. The monoisotopic (exact) mass is 269 g/mol. The second-order valence-electron chi connectivity index (χ2n) is 3.89. The van der Waals surface area contributed by atoms with E-state index in [1.807, 2.05) is 6.92 Å². The Morgan fingerprint density at radius 2 is 2.00 bits per heavy atom. The van der Waals surface area contributed by atoms with Gasteiger partial charge in [0, 0.05) is 7.11 Å². The minimum Gasteiger partial charge on any atom is -0.465 e. The van der Waals surface area contributed by atoms with Crippen molar-refractivity contribution >= 4 is 11.7 Å². The van der Waals surface area contributed by atoms with Crippen LogP contribution < -0.4 is 10.5 Å². The lowest BCUT2D eigenvalue weighted by atomic mass is 10.1. The third-order valence-electron chi connectivity index (χ3n) is 2.39. The van der Waals surface area contributed by atoms with E-state index in [0.29, 0.717) is 18.9 Å². The van der Waals surface area contributed by atoms with Crippen molar-refractivity contribution < 1.29 is 23.7 Å². The smallest absolute Gasteiger partial charge is 0.341 e. The van der Waals surface area contributed by atoms with Gasteiger partial charge in [0.05, 0.1) is 26.0 Å². The van der Waals surface area contributed by atoms with Gasteiger partial charge in [-0.3, -0.25) is 0 Å². The molecule has 106 valence electrons. The van der Waals surface area contributed by atoms with Crippen LogP contribution in [0.3, 0.4) is 0 Å². The van der Waals surface area contributed by atoms with E-state index in [2.05, 4.69) is 0 Å². The maximum Gasteiger partial charge on any atom is 0.341 e. The van der Waals surface area contributed by atoms with Crippen LogP contribution in [0.15, 0.2) is 12.1 Å². The normalized spacial score (nSPS) is 10.3. The highest BCUT2D eigenvalue weighted by Gasteiger charge is 2.16. The highest BCUT2D eigenvalue weighted by molar-refractivity contribution is 5.94. The molecule has 0 saturated carbocycles. The molecular weight excluding hydrogens is 250 g/mol. The number of nitrogens with two attached hydrogens (primary N) is 1. The zero-order valence-corrected chi connectivity index (χ0v) is 11.4. The van der Waals surface area contributed by atoms with Crippen LogP contribution >= 0.6 is 0 Å². The van der Waals surface area contributed by atoms with Crippen molar-refractivity contribution in [3.8, 4) is 5.75 Å². The van der Waals surface area contributed by atoms with E-state index in [0.717, 1.165) is 5.56 Å². The van der Waals surface area contributed by atoms with Gasteiger partial charge in [0.25, 0.3) is 0 Å². The molecule has 0 bridgehead atoms. The molecule has 0 spiro atoms. The van der Waals surface area contributed by atoms with Crippen molar-refractivity contribution in [2.75, 3.05) is 40.0 Å². The second kappa shape index (κ2) is 7.60. The van der Waals surface area contributed by atoms with Crippen LogP contribution in [-0.2, 0) is 14.2 Å². The number of nitrogen functional groups attached to an aromatic ring is 1. The minimum absolute atomic E-state index is 0.0133. The van der Waals surface area contributed by atoms with E-state index in [-0.39, 0.29) is 18.1 Å².